The van der Waals surface area contributed by atoms with E-state index in [1.54, 1.807) is 6.20 Å². The molecule has 0 saturated carbocycles. The van der Waals surface area contributed by atoms with Gasteiger partial charge in [0.05, 0.1) is 11.0 Å². The van der Waals surface area contributed by atoms with E-state index in [-0.39, 0.29) is 17.0 Å². The number of ether oxygens (including phenoxy) is 1. The highest BCUT2D eigenvalue weighted by Gasteiger charge is 2.28. The van der Waals surface area contributed by atoms with Crippen molar-refractivity contribution in [2.24, 2.45) is 0 Å². The molecule has 0 radical (unpaired) electrons. The van der Waals surface area contributed by atoms with Crippen LogP contribution in [0.1, 0.15) is 13.3 Å². The lowest BCUT2D eigenvalue weighted by Crippen LogP contribution is -2.13. The topological polar surface area (TPSA) is 65.3 Å². The fourth-order valence-electron chi connectivity index (χ4n) is 1.65. The molecule has 5 nitrogen and oxygen atoms in total. The Morgan fingerprint density at radius 1 is 1.71 bits per heavy atom. The summed E-state index contributed by atoms with van der Waals surface area (Å²) in [6.07, 6.45) is 2.60. The minimum atomic E-state index is -0.402. The lowest BCUT2D eigenvalue weighted by Gasteiger charge is -2.12. The Morgan fingerprint density at radius 3 is 3.06 bits per heavy atom. The Kier molecular flexibility index (Phi) is 4.01. The predicted molar refractivity (Wildman–Crippen MR) is 68.3 cm³/mol. The van der Waals surface area contributed by atoms with Gasteiger partial charge in [-0.05, 0) is 29.3 Å². The van der Waals surface area contributed by atoms with Crippen LogP contribution >= 0.6 is 27.7 Å². The van der Waals surface area contributed by atoms with Crippen molar-refractivity contribution >= 4 is 33.4 Å². The zero-order valence-electron chi connectivity index (χ0n) is 9.13. The number of aromatic nitrogens is 1. The normalized spacial score (nSPS) is 23.9. The predicted octanol–water partition coefficient (Wildman–Crippen LogP) is 3.02. The van der Waals surface area contributed by atoms with E-state index in [4.69, 9.17) is 4.74 Å². The third-order valence-electron chi connectivity index (χ3n) is 2.57. The van der Waals surface area contributed by atoms with Crippen LogP contribution < -0.4 is 0 Å². The first-order chi connectivity index (χ1) is 8.08. The highest BCUT2D eigenvalue weighted by atomic mass is 79.9. The van der Waals surface area contributed by atoms with Gasteiger partial charge < -0.3 is 4.74 Å². The number of halogens is 1. The van der Waals surface area contributed by atoms with Crippen LogP contribution in [0.3, 0.4) is 0 Å². The number of nitrogens with zero attached hydrogens (tertiary/aromatic N) is 2. The van der Waals surface area contributed by atoms with Crippen LogP contribution in [0.5, 0.6) is 0 Å². The number of hydrogen-bond acceptors (Lipinski definition) is 5. The van der Waals surface area contributed by atoms with Crippen LogP contribution in [0.15, 0.2) is 21.8 Å². The maximum absolute atomic E-state index is 10.9. The number of rotatable bonds is 3. The van der Waals surface area contributed by atoms with Gasteiger partial charge in [-0.3, -0.25) is 10.1 Å². The van der Waals surface area contributed by atoms with E-state index in [1.807, 2.05) is 6.92 Å². The van der Waals surface area contributed by atoms with Gasteiger partial charge in [0.15, 0.2) is 5.03 Å². The van der Waals surface area contributed by atoms with Crippen LogP contribution in [0.2, 0.25) is 0 Å². The Balaban J connectivity index is 2.22. The second-order valence-electron chi connectivity index (χ2n) is 3.76. The molecule has 1 aromatic rings. The molecule has 2 heterocycles. The van der Waals surface area contributed by atoms with E-state index in [9.17, 15) is 10.1 Å². The quantitative estimate of drug-likeness (QED) is 0.633. The molecule has 2 rings (SSSR count). The van der Waals surface area contributed by atoms with Gasteiger partial charge in [0, 0.05) is 28.6 Å². The summed E-state index contributed by atoms with van der Waals surface area (Å²) in [5.41, 5.74) is 0.0449. The summed E-state index contributed by atoms with van der Waals surface area (Å²) in [6, 6.07) is 1.48. The van der Waals surface area contributed by atoms with Gasteiger partial charge in [0.1, 0.15) is 0 Å². The summed E-state index contributed by atoms with van der Waals surface area (Å²) in [6.45, 7) is 2.69. The van der Waals surface area contributed by atoms with Crippen molar-refractivity contribution in [2.75, 3.05) is 6.61 Å². The lowest BCUT2D eigenvalue weighted by molar-refractivity contribution is -0.388. The zero-order chi connectivity index (χ0) is 12.4. The molecule has 7 heteroatoms. The first-order valence-corrected chi connectivity index (χ1v) is 6.83. The molecular weight excluding hydrogens is 308 g/mol. The molecule has 1 fully saturated rings. The molecule has 0 amide bonds. The number of nitro groups is 1. The summed E-state index contributed by atoms with van der Waals surface area (Å²) < 4.78 is 6.05. The highest BCUT2D eigenvalue weighted by molar-refractivity contribution is 9.10. The molecule has 1 aromatic heterocycles. The molecule has 92 valence electrons. The van der Waals surface area contributed by atoms with Crippen LogP contribution in [0, 0.1) is 10.1 Å². The maximum atomic E-state index is 10.9. The molecule has 2 unspecified atom stereocenters. The minimum absolute atomic E-state index is 0.0449. The van der Waals surface area contributed by atoms with Crippen molar-refractivity contribution in [1.29, 1.82) is 0 Å². The maximum Gasteiger partial charge on any atom is 0.302 e. The molecule has 0 aliphatic carbocycles. The van der Waals surface area contributed by atoms with Gasteiger partial charge in [0.25, 0.3) is 0 Å². The fourth-order valence-corrected chi connectivity index (χ4v) is 3.11. The van der Waals surface area contributed by atoms with Crippen molar-refractivity contribution in [3.8, 4) is 0 Å². The molecule has 2 atom stereocenters. The zero-order valence-corrected chi connectivity index (χ0v) is 11.5. The smallest absolute Gasteiger partial charge is 0.302 e. The number of pyridine rings is 1. The fraction of sp³-hybridized carbons (Fsp3) is 0.500. The second-order valence-corrected chi connectivity index (χ2v) is 5.90. The van der Waals surface area contributed by atoms with E-state index in [1.165, 1.54) is 17.8 Å². The Bertz CT molecular complexity index is 444. The van der Waals surface area contributed by atoms with E-state index in [0.717, 1.165) is 6.42 Å². The average molecular weight is 319 g/mol. The lowest BCUT2D eigenvalue weighted by atomic mass is 10.3. The molecule has 0 spiro atoms. The van der Waals surface area contributed by atoms with Crippen molar-refractivity contribution in [2.45, 2.75) is 29.7 Å². The number of hydrogen-bond donors (Lipinski definition) is 0. The van der Waals surface area contributed by atoms with Crippen LogP contribution in [-0.2, 0) is 4.74 Å². The van der Waals surface area contributed by atoms with Gasteiger partial charge in [-0.2, -0.15) is 0 Å². The van der Waals surface area contributed by atoms with Crippen molar-refractivity contribution in [3.05, 3.63) is 26.9 Å². The van der Waals surface area contributed by atoms with Gasteiger partial charge in [0.2, 0.25) is 0 Å². The third-order valence-corrected chi connectivity index (χ3v) is 4.46. The van der Waals surface area contributed by atoms with Crippen molar-refractivity contribution in [1.82, 2.24) is 4.98 Å². The SMILES string of the molecule is CC1OCCC1Sc1ncc(Br)cc1[N+](=O)[O-]. The summed E-state index contributed by atoms with van der Waals surface area (Å²) in [5, 5.41) is 11.6. The van der Waals surface area contributed by atoms with E-state index in [2.05, 4.69) is 20.9 Å². The summed E-state index contributed by atoms with van der Waals surface area (Å²) in [4.78, 5) is 14.6. The monoisotopic (exact) mass is 318 g/mol. The van der Waals surface area contributed by atoms with Gasteiger partial charge in [-0.15, -0.1) is 0 Å². The highest BCUT2D eigenvalue weighted by Crippen LogP contribution is 2.36. The third kappa shape index (κ3) is 2.97. The average Bonchev–Trinajstić information content (AvgIpc) is 2.67. The van der Waals surface area contributed by atoms with Gasteiger partial charge in [-0.1, -0.05) is 11.8 Å². The minimum Gasteiger partial charge on any atom is -0.377 e. The van der Waals surface area contributed by atoms with Crippen LogP contribution in [0.4, 0.5) is 5.69 Å². The van der Waals surface area contributed by atoms with E-state index in [0.29, 0.717) is 16.1 Å². The molecule has 17 heavy (non-hydrogen) atoms. The summed E-state index contributed by atoms with van der Waals surface area (Å²) in [5.74, 6) is 0. The number of thioether (sulfide) groups is 1. The molecule has 1 aliphatic rings. The van der Waals surface area contributed by atoms with E-state index < -0.39 is 4.92 Å². The molecule has 0 aromatic carbocycles. The van der Waals surface area contributed by atoms with Crippen LogP contribution in [0.25, 0.3) is 0 Å². The Hall–Kier alpha value is -0.660. The Labute approximate surface area is 111 Å². The van der Waals surface area contributed by atoms with Gasteiger partial charge >= 0.3 is 5.69 Å². The van der Waals surface area contributed by atoms with Crippen molar-refractivity contribution in [3.63, 3.8) is 0 Å². The molecular formula is C10H11BrN2O3S. The molecule has 1 aliphatic heterocycles. The van der Waals surface area contributed by atoms with Gasteiger partial charge in [-0.25, -0.2) is 4.98 Å². The molecule has 1 saturated heterocycles. The first kappa shape index (κ1) is 12.8. The molecule has 0 bridgehead atoms. The Morgan fingerprint density at radius 2 is 2.47 bits per heavy atom. The second kappa shape index (κ2) is 5.32. The van der Waals surface area contributed by atoms with Crippen LogP contribution in [-0.4, -0.2) is 27.9 Å². The summed E-state index contributed by atoms with van der Waals surface area (Å²) in [7, 11) is 0. The summed E-state index contributed by atoms with van der Waals surface area (Å²) >= 11 is 4.61. The first-order valence-electron chi connectivity index (χ1n) is 5.16. The van der Waals surface area contributed by atoms with Crippen molar-refractivity contribution < 1.29 is 9.66 Å². The standard InChI is InChI=1S/C10H11BrN2O3S/c1-6-9(2-3-16-6)17-10-8(13(14)15)4-7(11)5-12-10/h4-6,9H,2-3H2,1H3. The largest absolute Gasteiger partial charge is 0.377 e. The van der Waals surface area contributed by atoms with E-state index >= 15 is 0 Å². The molecule has 0 N–H and O–H groups in total.